The fourth-order valence-corrected chi connectivity index (χ4v) is 4.43. The molecule has 0 N–H and O–H groups in total. The molecule has 3 aromatic rings. The van der Waals surface area contributed by atoms with Gasteiger partial charge >= 0.3 is 0 Å². The van der Waals surface area contributed by atoms with Gasteiger partial charge in [0.1, 0.15) is 18.1 Å². The van der Waals surface area contributed by atoms with Crippen molar-refractivity contribution in [2.24, 2.45) is 0 Å². The first kappa shape index (κ1) is 21.1. The zero-order valence-electron chi connectivity index (χ0n) is 17.8. The van der Waals surface area contributed by atoms with Crippen molar-refractivity contribution >= 4 is 23.3 Å². The molecule has 1 fully saturated rings. The van der Waals surface area contributed by atoms with Crippen molar-refractivity contribution in [2.75, 3.05) is 13.7 Å². The van der Waals surface area contributed by atoms with Gasteiger partial charge in [-0.25, -0.2) is 4.98 Å². The molecular weight excluding hydrogens is 408 g/mol. The lowest BCUT2D eigenvalue weighted by molar-refractivity contribution is -0.126. The maximum atomic E-state index is 13.0. The Morgan fingerprint density at radius 3 is 2.77 bits per heavy atom. The molecule has 2 aromatic carbocycles. The predicted octanol–water partition coefficient (Wildman–Crippen LogP) is 5.42. The van der Waals surface area contributed by atoms with E-state index in [1.54, 1.807) is 24.5 Å². The summed E-state index contributed by atoms with van der Waals surface area (Å²) in [6.45, 7) is 3.16. The van der Waals surface area contributed by atoms with E-state index in [0.29, 0.717) is 6.61 Å². The van der Waals surface area contributed by atoms with Gasteiger partial charge in [0.05, 0.1) is 23.9 Å². The summed E-state index contributed by atoms with van der Waals surface area (Å²) < 4.78 is 11.2. The molecule has 0 unspecified atom stereocenters. The van der Waals surface area contributed by atoms with Crippen molar-refractivity contribution in [3.05, 3.63) is 81.8 Å². The molecule has 1 amide bonds. The van der Waals surface area contributed by atoms with Gasteiger partial charge in [-0.1, -0.05) is 30.3 Å². The quantitative estimate of drug-likeness (QED) is 0.466. The highest BCUT2D eigenvalue weighted by Gasteiger charge is 2.28. The van der Waals surface area contributed by atoms with E-state index < -0.39 is 0 Å². The average Bonchev–Trinajstić information content (AvgIpc) is 3.46. The molecule has 0 radical (unpaired) electrons. The van der Waals surface area contributed by atoms with E-state index in [9.17, 15) is 4.79 Å². The molecule has 1 aliphatic heterocycles. The summed E-state index contributed by atoms with van der Waals surface area (Å²) in [5.74, 6) is 1.58. The zero-order valence-corrected chi connectivity index (χ0v) is 18.6. The van der Waals surface area contributed by atoms with Crippen LogP contribution < -0.4 is 9.47 Å². The molecule has 6 heteroatoms. The lowest BCUT2D eigenvalue weighted by atomic mass is 10.0. The number of nitrogens with zero attached hydrogens (tertiary/aromatic N) is 2. The van der Waals surface area contributed by atoms with Gasteiger partial charge in [0.15, 0.2) is 0 Å². The normalized spacial score (nSPS) is 16.1. The Kier molecular flexibility index (Phi) is 6.67. The number of rotatable bonds is 7. The lowest BCUT2D eigenvalue weighted by Gasteiger charge is -2.24. The molecule has 0 saturated carbocycles. The summed E-state index contributed by atoms with van der Waals surface area (Å²) in [6.07, 6.45) is 5.46. The number of ether oxygens (including phenoxy) is 2. The first-order valence-corrected chi connectivity index (χ1v) is 11.3. The van der Waals surface area contributed by atoms with Crippen LogP contribution in [0.25, 0.3) is 6.08 Å². The predicted molar refractivity (Wildman–Crippen MR) is 123 cm³/mol. The van der Waals surface area contributed by atoms with Gasteiger partial charge in [-0.05, 0) is 49.6 Å². The third kappa shape index (κ3) is 5.14. The Hall–Kier alpha value is -3.12. The van der Waals surface area contributed by atoms with Crippen LogP contribution in [-0.2, 0) is 11.4 Å². The number of amides is 1. The van der Waals surface area contributed by atoms with Gasteiger partial charge < -0.3 is 14.4 Å². The summed E-state index contributed by atoms with van der Waals surface area (Å²) in [5.41, 5.74) is 2.93. The first-order valence-electron chi connectivity index (χ1n) is 10.4. The molecule has 0 aliphatic carbocycles. The van der Waals surface area contributed by atoms with E-state index in [2.05, 4.69) is 4.98 Å². The number of carbonyl (C=O) groups excluding carboxylic acids is 1. The topological polar surface area (TPSA) is 51.7 Å². The monoisotopic (exact) mass is 434 g/mol. The minimum atomic E-state index is 0.0169. The third-order valence-electron chi connectivity index (χ3n) is 5.40. The molecule has 1 atom stereocenters. The second-order valence-corrected chi connectivity index (χ2v) is 8.54. The number of hydrogen-bond acceptors (Lipinski definition) is 5. The number of benzene rings is 2. The summed E-state index contributed by atoms with van der Waals surface area (Å²) >= 11 is 1.61. The number of methoxy groups -OCH3 is 1. The fourth-order valence-electron chi connectivity index (χ4n) is 3.84. The maximum absolute atomic E-state index is 13.0. The van der Waals surface area contributed by atoms with Gasteiger partial charge in [-0.15, -0.1) is 11.3 Å². The van der Waals surface area contributed by atoms with Crippen molar-refractivity contribution < 1.29 is 14.3 Å². The number of hydrogen-bond donors (Lipinski definition) is 0. The molecule has 4 rings (SSSR count). The molecule has 31 heavy (non-hydrogen) atoms. The number of aromatic nitrogens is 1. The zero-order chi connectivity index (χ0) is 21.6. The highest BCUT2D eigenvalue weighted by atomic mass is 32.1. The van der Waals surface area contributed by atoms with Gasteiger partial charge in [0.2, 0.25) is 5.91 Å². The SMILES string of the molecule is COc1ccc([C@@H]2CCCN2C(=O)/C=C/c2ccccc2OCc2csc(C)n2)cc1. The molecule has 0 bridgehead atoms. The number of para-hydroxylation sites is 1. The molecule has 1 aromatic heterocycles. The Morgan fingerprint density at radius 2 is 2.03 bits per heavy atom. The second kappa shape index (κ2) is 9.79. The van der Waals surface area contributed by atoms with E-state index in [-0.39, 0.29) is 11.9 Å². The van der Waals surface area contributed by atoms with E-state index in [4.69, 9.17) is 9.47 Å². The third-order valence-corrected chi connectivity index (χ3v) is 6.23. The van der Waals surface area contributed by atoms with Gasteiger partial charge in [-0.2, -0.15) is 0 Å². The summed E-state index contributed by atoms with van der Waals surface area (Å²) in [7, 11) is 1.66. The van der Waals surface area contributed by atoms with Crippen LogP contribution >= 0.6 is 11.3 Å². The van der Waals surface area contributed by atoms with Crippen molar-refractivity contribution in [2.45, 2.75) is 32.4 Å². The standard InChI is InChI=1S/C25H26N2O3S/c1-18-26-21(17-31-18)16-30-24-8-4-3-6-20(24)11-14-25(28)27-15-5-7-23(27)19-9-12-22(29-2)13-10-19/h3-4,6,8-14,17,23H,5,7,15-16H2,1-2H3/b14-11+/t23-/m0/s1. The summed E-state index contributed by atoms with van der Waals surface area (Å²) in [6, 6.07) is 15.8. The smallest absolute Gasteiger partial charge is 0.247 e. The van der Waals surface area contributed by atoms with E-state index in [1.165, 1.54) is 0 Å². The Balaban J connectivity index is 1.44. The summed E-state index contributed by atoms with van der Waals surface area (Å²) in [4.78, 5) is 19.4. The van der Waals surface area contributed by atoms with Crippen molar-refractivity contribution in [1.29, 1.82) is 0 Å². The van der Waals surface area contributed by atoms with Crippen LogP contribution in [0.4, 0.5) is 0 Å². The number of thiazole rings is 1. The minimum absolute atomic E-state index is 0.0169. The second-order valence-electron chi connectivity index (χ2n) is 7.48. The van der Waals surface area contributed by atoms with E-state index in [0.717, 1.165) is 52.7 Å². The van der Waals surface area contributed by atoms with Crippen LogP contribution in [0, 0.1) is 6.92 Å². The fraction of sp³-hybridized carbons (Fsp3) is 0.280. The van der Waals surface area contributed by atoms with Crippen LogP contribution in [0.5, 0.6) is 11.5 Å². The van der Waals surface area contributed by atoms with E-state index >= 15 is 0 Å². The Bertz CT molecular complexity index is 1060. The van der Waals surface area contributed by atoms with Crippen molar-refractivity contribution in [1.82, 2.24) is 9.88 Å². The van der Waals surface area contributed by atoms with Crippen LogP contribution in [0.1, 0.15) is 40.7 Å². The highest BCUT2D eigenvalue weighted by molar-refractivity contribution is 7.09. The van der Waals surface area contributed by atoms with Gasteiger partial charge in [0, 0.05) is 23.6 Å². The van der Waals surface area contributed by atoms with Crippen LogP contribution in [0.15, 0.2) is 60.0 Å². The Labute approximate surface area is 187 Å². The molecule has 5 nitrogen and oxygen atoms in total. The minimum Gasteiger partial charge on any atom is -0.497 e. The molecule has 2 heterocycles. The molecule has 160 valence electrons. The van der Waals surface area contributed by atoms with Crippen LogP contribution in [-0.4, -0.2) is 29.4 Å². The van der Waals surface area contributed by atoms with E-state index in [1.807, 2.05) is 71.8 Å². The molecule has 0 spiro atoms. The number of aryl methyl sites for hydroxylation is 1. The molecular formula is C25H26N2O3S. The Morgan fingerprint density at radius 1 is 1.23 bits per heavy atom. The van der Waals surface area contributed by atoms with Gasteiger partial charge in [-0.3, -0.25) is 4.79 Å². The lowest BCUT2D eigenvalue weighted by Crippen LogP contribution is -2.28. The van der Waals surface area contributed by atoms with Crippen molar-refractivity contribution in [3.8, 4) is 11.5 Å². The van der Waals surface area contributed by atoms with Crippen molar-refractivity contribution in [3.63, 3.8) is 0 Å². The highest BCUT2D eigenvalue weighted by Crippen LogP contribution is 2.33. The summed E-state index contributed by atoms with van der Waals surface area (Å²) in [5, 5.41) is 3.03. The van der Waals surface area contributed by atoms with Gasteiger partial charge in [0.25, 0.3) is 0 Å². The van der Waals surface area contributed by atoms with Crippen LogP contribution in [0.2, 0.25) is 0 Å². The number of carbonyl (C=O) groups is 1. The molecule has 1 saturated heterocycles. The van der Waals surface area contributed by atoms with Crippen LogP contribution in [0.3, 0.4) is 0 Å². The average molecular weight is 435 g/mol. The largest absolute Gasteiger partial charge is 0.497 e. The maximum Gasteiger partial charge on any atom is 0.247 e. The molecule has 1 aliphatic rings. The number of likely N-dealkylation sites (tertiary alicyclic amines) is 1. The first-order chi connectivity index (χ1) is 15.1.